The minimum absolute atomic E-state index is 0.229. The summed E-state index contributed by atoms with van der Waals surface area (Å²) in [4.78, 5) is 6.79. The van der Waals surface area contributed by atoms with E-state index >= 15 is 0 Å². The van der Waals surface area contributed by atoms with Crippen molar-refractivity contribution >= 4 is 15.9 Å². The summed E-state index contributed by atoms with van der Waals surface area (Å²) in [5.41, 5.74) is 0.880. The number of aromatic amines is 1. The molecule has 2 nitrogen and oxygen atoms in total. The van der Waals surface area contributed by atoms with Crippen LogP contribution in [0.3, 0.4) is 0 Å². The van der Waals surface area contributed by atoms with Crippen LogP contribution in [0.4, 0.5) is 8.78 Å². The fourth-order valence-corrected chi connectivity index (χ4v) is 2.27. The molecule has 1 N–H and O–H groups in total. The van der Waals surface area contributed by atoms with Crippen LogP contribution in [-0.4, -0.2) is 9.97 Å². The number of aromatic nitrogens is 2. The van der Waals surface area contributed by atoms with Gasteiger partial charge in [-0.15, -0.1) is 0 Å². The number of nitrogens with zero attached hydrogens (tertiary/aromatic N) is 1. The zero-order valence-electron chi connectivity index (χ0n) is 9.17. The van der Waals surface area contributed by atoms with Crippen LogP contribution in [0.1, 0.15) is 21.8 Å². The summed E-state index contributed by atoms with van der Waals surface area (Å²) in [7, 11) is 0. The number of alkyl halides is 1. The van der Waals surface area contributed by atoms with E-state index in [4.69, 9.17) is 0 Å². The van der Waals surface area contributed by atoms with Crippen LogP contribution in [0.15, 0.2) is 24.5 Å². The third kappa shape index (κ3) is 2.72. The molecule has 2 aromatic rings. The first kappa shape index (κ1) is 12.2. The molecule has 0 amide bonds. The predicted molar refractivity (Wildman–Crippen MR) is 65.1 cm³/mol. The number of imidazole rings is 1. The molecular weight excluding hydrogens is 290 g/mol. The summed E-state index contributed by atoms with van der Waals surface area (Å²) in [5.74, 6) is -0.307. The fourth-order valence-electron chi connectivity index (χ4n) is 1.61. The molecule has 2 rings (SSSR count). The maximum Gasteiger partial charge on any atom is 0.130 e. The molecule has 0 fully saturated rings. The first-order valence-electron chi connectivity index (χ1n) is 5.16. The van der Waals surface area contributed by atoms with E-state index in [1.165, 1.54) is 6.07 Å². The van der Waals surface area contributed by atoms with Gasteiger partial charge in [0.2, 0.25) is 0 Å². The average Bonchev–Trinajstić information content (AvgIpc) is 2.76. The molecule has 0 aliphatic heterocycles. The van der Waals surface area contributed by atoms with Crippen molar-refractivity contribution in [2.45, 2.75) is 18.2 Å². The highest BCUT2D eigenvalue weighted by Gasteiger charge is 2.16. The van der Waals surface area contributed by atoms with E-state index in [-0.39, 0.29) is 4.83 Å². The number of rotatable bonds is 3. The van der Waals surface area contributed by atoms with Gasteiger partial charge in [0.15, 0.2) is 0 Å². The lowest BCUT2D eigenvalue weighted by atomic mass is 10.1. The monoisotopic (exact) mass is 300 g/mol. The minimum Gasteiger partial charge on any atom is -0.349 e. The van der Waals surface area contributed by atoms with Crippen molar-refractivity contribution in [1.82, 2.24) is 9.97 Å². The van der Waals surface area contributed by atoms with E-state index in [0.29, 0.717) is 17.5 Å². The van der Waals surface area contributed by atoms with Crippen molar-refractivity contribution in [3.8, 4) is 0 Å². The van der Waals surface area contributed by atoms with Gasteiger partial charge in [-0.1, -0.05) is 15.9 Å². The molecule has 1 aromatic carbocycles. The van der Waals surface area contributed by atoms with Gasteiger partial charge < -0.3 is 4.98 Å². The van der Waals surface area contributed by atoms with E-state index in [1.54, 1.807) is 19.3 Å². The molecule has 0 aliphatic carbocycles. The molecule has 90 valence electrons. The highest BCUT2D eigenvalue weighted by molar-refractivity contribution is 9.09. The SMILES string of the molecule is Cc1cc(C(Br)Cc2ncc[nH]2)c(F)cc1F. The second-order valence-electron chi connectivity index (χ2n) is 3.83. The summed E-state index contributed by atoms with van der Waals surface area (Å²) >= 11 is 3.39. The summed E-state index contributed by atoms with van der Waals surface area (Å²) < 4.78 is 26.7. The van der Waals surface area contributed by atoms with E-state index < -0.39 is 11.6 Å². The van der Waals surface area contributed by atoms with Gasteiger partial charge >= 0.3 is 0 Å². The molecule has 17 heavy (non-hydrogen) atoms. The number of halogens is 3. The number of hydrogen-bond acceptors (Lipinski definition) is 1. The van der Waals surface area contributed by atoms with E-state index in [0.717, 1.165) is 11.9 Å². The first-order valence-corrected chi connectivity index (χ1v) is 6.07. The lowest BCUT2D eigenvalue weighted by Gasteiger charge is -2.11. The van der Waals surface area contributed by atoms with Gasteiger partial charge in [-0.25, -0.2) is 13.8 Å². The highest BCUT2D eigenvalue weighted by Crippen LogP contribution is 2.29. The average molecular weight is 301 g/mol. The number of benzene rings is 1. The Labute approximate surface area is 106 Å². The summed E-state index contributed by atoms with van der Waals surface area (Å²) in [6, 6.07) is 2.44. The van der Waals surface area contributed by atoms with Gasteiger partial charge in [-0.05, 0) is 18.6 Å². The molecule has 5 heteroatoms. The largest absolute Gasteiger partial charge is 0.349 e. The van der Waals surface area contributed by atoms with Crippen LogP contribution in [0.2, 0.25) is 0 Å². The Balaban J connectivity index is 2.24. The molecule has 0 bridgehead atoms. The Bertz CT molecular complexity index is 511. The number of hydrogen-bond donors (Lipinski definition) is 1. The zero-order valence-corrected chi connectivity index (χ0v) is 10.8. The van der Waals surface area contributed by atoms with Crippen LogP contribution in [0.25, 0.3) is 0 Å². The second kappa shape index (κ2) is 4.96. The Morgan fingerprint density at radius 1 is 1.35 bits per heavy atom. The topological polar surface area (TPSA) is 28.7 Å². The zero-order chi connectivity index (χ0) is 12.4. The van der Waals surface area contributed by atoms with Gasteiger partial charge in [0, 0.05) is 35.3 Å². The third-order valence-corrected chi connectivity index (χ3v) is 3.36. The summed E-state index contributed by atoms with van der Waals surface area (Å²) in [5, 5.41) is 0. The maximum atomic E-state index is 13.6. The highest BCUT2D eigenvalue weighted by atomic mass is 79.9. The van der Waals surface area contributed by atoms with Gasteiger partial charge in [0.25, 0.3) is 0 Å². The van der Waals surface area contributed by atoms with Crippen molar-refractivity contribution in [1.29, 1.82) is 0 Å². The molecule has 1 aromatic heterocycles. The quantitative estimate of drug-likeness (QED) is 0.861. The van der Waals surface area contributed by atoms with Crippen LogP contribution < -0.4 is 0 Å². The van der Waals surface area contributed by atoms with Gasteiger partial charge in [-0.3, -0.25) is 0 Å². The van der Waals surface area contributed by atoms with E-state index in [9.17, 15) is 8.78 Å². The molecule has 0 saturated heterocycles. The van der Waals surface area contributed by atoms with Crippen LogP contribution >= 0.6 is 15.9 Å². The van der Waals surface area contributed by atoms with Crippen LogP contribution in [-0.2, 0) is 6.42 Å². The lowest BCUT2D eigenvalue weighted by molar-refractivity contribution is 0.565. The van der Waals surface area contributed by atoms with E-state index in [2.05, 4.69) is 25.9 Å². The first-order chi connectivity index (χ1) is 8.08. The van der Waals surface area contributed by atoms with Crippen molar-refractivity contribution in [2.24, 2.45) is 0 Å². The van der Waals surface area contributed by atoms with Crippen molar-refractivity contribution in [3.63, 3.8) is 0 Å². The third-order valence-electron chi connectivity index (χ3n) is 2.54. The van der Waals surface area contributed by atoms with Gasteiger partial charge in [0.05, 0.1) is 0 Å². The summed E-state index contributed by atoms with van der Waals surface area (Å²) in [6.07, 6.45) is 3.87. The Morgan fingerprint density at radius 3 is 2.76 bits per heavy atom. The fraction of sp³-hybridized carbons (Fsp3) is 0.250. The van der Waals surface area contributed by atoms with E-state index in [1.807, 2.05) is 0 Å². The standard InChI is InChI=1S/C12H11BrF2N2/c1-7-4-8(11(15)6-10(7)14)9(13)5-12-16-2-3-17-12/h2-4,6,9H,5H2,1H3,(H,16,17). The molecule has 1 atom stereocenters. The number of H-pyrrole nitrogens is 1. The van der Waals surface area contributed by atoms with Crippen molar-refractivity contribution < 1.29 is 8.78 Å². The predicted octanol–water partition coefficient (Wildman–Crippen LogP) is 3.68. The molecule has 0 radical (unpaired) electrons. The second-order valence-corrected chi connectivity index (χ2v) is 4.94. The molecule has 1 heterocycles. The van der Waals surface area contributed by atoms with Crippen LogP contribution in [0, 0.1) is 18.6 Å². The normalized spacial score (nSPS) is 12.7. The van der Waals surface area contributed by atoms with Crippen molar-refractivity contribution in [3.05, 3.63) is 53.1 Å². The molecule has 1 unspecified atom stereocenters. The van der Waals surface area contributed by atoms with Gasteiger partial charge in [0.1, 0.15) is 17.5 Å². The Hall–Kier alpha value is -1.23. The lowest BCUT2D eigenvalue weighted by Crippen LogP contribution is -2.02. The van der Waals surface area contributed by atoms with Gasteiger partial charge in [-0.2, -0.15) is 0 Å². The number of aryl methyl sites for hydroxylation is 1. The Kier molecular flexibility index (Phi) is 3.57. The molecule has 0 spiro atoms. The molecule has 0 aliphatic rings. The smallest absolute Gasteiger partial charge is 0.130 e. The summed E-state index contributed by atoms with van der Waals surface area (Å²) in [6.45, 7) is 1.62. The minimum atomic E-state index is -0.540. The Morgan fingerprint density at radius 2 is 2.12 bits per heavy atom. The number of nitrogens with one attached hydrogen (secondary N) is 1. The van der Waals surface area contributed by atoms with Crippen molar-refractivity contribution in [2.75, 3.05) is 0 Å². The molecular formula is C12H11BrF2N2. The molecule has 0 saturated carbocycles. The van der Waals surface area contributed by atoms with Crippen LogP contribution in [0.5, 0.6) is 0 Å². The maximum absolute atomic E-state index is 13.6.